The fourth-order valence-electron chi connectivity index (χ4n) is 8.90. The molecule has 0 N–H and O–H groups in total. The Morgan fingerprint density at radius 3 is 1.19 bits per heavy atom. The lowest BCUT2D eigenvalue weighted by molar-refractivity contribution is -1.09. The van der Waals surface area contributed by atoms with Crippen LogP contribution in [0.15, 0.2) is 146 Å². The molecule has 0 saturated heterocycles. The number of aromatic nitrogens is 8. The summed E-state index contributed by atoms with van der Waals surface area (Å²) < 4.78 is 7.06. The number of benzene rings is 6. The second-order valence-corrected chi connectivity index (χ2v) is 14.0. The van der Waals surface area contributed by atoms with E-state index in [9.17, 15) is 0 Å². The predicted octanol–water partition coefficient (Wildman–Crippen LogP) is 7.92. The molecule has 0 radical (unpaired) electrons. The van der Waals surface area contributed by atoms with Crippen molar-refractivity contribution in [2.24, 2.45) is 0 Å². The zero-order valence-corrected chi connectivity index (χ0v) is 28.0. The van der Waals surface area contributed by atoms with Gasteiger partial charge in [0.15, 0.2) is 18.6 Å². The van der Waals surface area contributed by atoms with Crippen LogP contribution in [-0.4, -0.2) is 24.9 Å². The summed E-state index contributed by atoms with van der Waals surface area (Å²) in [4.78, 5) is 26.3. The van der Waals surface area contributed by atoms with Gasteiger partial charge in [0.25, 0.3) is 16.6 Å². The van der Waals surface area contributed by atoms with Gasteiger partial charge in [-0.25, -0.2) is 24.9 Å². The van der Waals surface area contributed by atoms with Crippen LogP contribution in [0, 0.1) is 0 Å². The maximum absolute atomic E-state index is 5.34. The Labute approximate surface area is 299 Å². The van der Waals surface area contributed by atoms with Gasteiger partial charge in [-0.15, -0.1) is 0 Å². The molecule has 0 amide bonds. The van der Waals surface area contributed by atoms with Gasteiger partial charge < -0.3 is 0 Å². The number of hydrogen-bond acceptors (Lipinski definition) is 5. The third kappa shape index (κ3) is 3.54. The maximum Gasteiger partial charge on any atom is 0.554 e. The van der Waals surface area contributed by atoms with Gasteiger partial charge in [0.05, 0.1) is 43.7 Å². The van der Waals surface area contributed by atoms with E-state index in [2.05, 4.69) is 148 Å². The Morgan fingerprint density at radius 1 is 0.358 bits per heavy atom. The molecule has 0 aliphatic carbocycles. The molecule has 6 aromatic carbocycles. The van der Waals surface area contributed by atoms with E-state index >= 15 is 0 Å². The summed E-state index contributed by atoms with van der Waals surface area (Å²) in [6, 6.07) is 42.3. The Hall–Kier alpha value is -7.32. The predicted molar refractivity (Wildman–Crippen MR) is 207 cm³/mol. The van der Waals surface area contributed by atoms with Gasteiger partial charge in [0, 0.05) is 29.8 Å². The van der Waals surface area contributed by atoms with Crippen molar-refractivity contribution in [2.75, 3.05) is 0 Å². The molecule has 242 valence electrons. The van der Waals surface area contributed by atoms with E-state index in [1.807, 2.05) is 12.3 Å². The zero-order chi connectivity index (χ0) is 34.4. The molecule has 8 nitrogen and oxygen atoms in total. The fraction of sp³-hybridized carbons (Fsp3) is 0.0222. The van der Waals surface area contributed by atoms with Crippen LogP contribution in [0.4, 0.5) is 0 Å². The number of hydrogen-bond donors (Lipinski definition) is 0. The Bertz CT molecular complexity index is 3530. The molecule has 7 heterocycles. The van der Waals surface area contributed by atoms with Crippen LogP contribution in [0.2, 0.25) is 0 Å². The van der Waals surface area contributed by atoms with Crippen molar-refractivity contribution in [1.29, 1.82) is 0 Å². The Balaban J connectivity index is 1.14. The van der Waals surface area contributed by atoms with E-state index in [1.54, 1.807) is 0 Å². The van der Waals surface area contributed by atoms with Gasteiger partial charge in [-0.05, 0) is 76.1 Å². The lowest BCUT2D eigenvalue weighted by Crippen LogP contribution is -2.67. The SMILES string of the molecule is c1ccc2cc3nc4c5ccc[n+](C6[n+]7cccc8c9nc%10cc%11ccccc%11cc%10nc9c9ccc[n+]6c9c87)c5c5ncccc5c4nc3cc2c1. The summed E-state index contributed by atoms with van der Waals surface area (Å²) in [6.45, 7) is 0. The van der Waals surface area contributed by atoms with Crippen molar-refractivity contribution >= 4 is 109 Å². The highest BCUT2D eigenvalue weighted by Gasteiger charge is 2.50. The molecule has 0 spiro atoms. The minimum Gasteiger partial charge on any atom is -0.249 e. The van der Waals surface area contributed by atoms with Crippen LogP contribution < -0.4 is 13.7 Å². The average molecular weight is 678 g/mol. The minimum absolute atomic E-state index is 0.269. The summed E-state index contributed by atoms with van der Waals surface area (Å²) in [6.07, 6.45) is 8.11. The highest BCUT2D eigenvalue weighted by atomic mass is 15.4. The smallest absolute Gasteiger partial charge is 0.249 e. The van der Waals surface area contributed by atoms with E-state index in [-0.39, 0.29) is 6.29 Å². The van der Waals surface area contributed by atoms with Crippen molar-refractivity contribution in [3.8, 4) is 0 Å². The van der Waals surface area contributed by atoms with E-state index in [0.29, 0.717) is 0 Å². The van der Waals surface area contributed by atoms with Crippen molar-refractivity contribution in [3.63, 3.8) is 0 Å². The minimum atomic E-state index is -0.269. The molecule has 0 fully saturated rings. The highest BCUT2D eigenvalue weighted by Crippen LogP contribution is 2.36. The average Bonchev–Trinajstić information content (AvgIpc) is 3.55. The van der Waals surface area contributed by atoms with Crippen LogP contribution in [0.3, 0.4) is 0 Å². The molecule has 6 aromatic heterocycles. The van der Waals surface area contributed by atoms with Gasteiger partial charge in [-0.3, -0.25) is 0 Å². The molecule has 8 heteroatoms. The molecule has 0 saturated carbocycles. The highest BCUT2D eigenvalue weighted by molar-refractivity contribution is 6.21. The van der Waals surface area contributed by atoms with Crippen LogP contribution >= 0.6 is 0 Å². The second kappa shape index (κ2) is 9.71. The normalized spacial score (nSPS) is 13.2. The lowest BCUT2D eigenvalue weighted by Gasteiger charge is -2.10. The van der Waals surface area contributed by atoms with Crippen molar-refractivity contribution in [3.05, 3.63) is 146 Å². The van der Waals surface area contributed by atoms with Crippen molar-refractivity contribution < 1.29 is 13.7 Å². The summed E-state index contributed by atoms with van der Waals surface area (Å²) >= 11 is 0. The molecule has 53 heavy (non-hydrogen) atoms. The van der Waals surface area contributed by atoms with E-state index in [4.69, 9.17) is 24.9 Å². The Morgan fingerprint density at radius 2 is 0.736 bits per heavy atom. The van der Waals surface area contributed by atoms with Gasteiger partial charge >= 0.3 is 6.29 Å². The van der Waals surface area contributed by atoms with E-state index < -0.39 is 0 Å². The van der Waals surface area contributed by atoms with Gasteiger partial charge in [-0.2, -0.15) is 0 Å². The lowest BCUT2D eigenvalue weighted by atomic mass is 10.1. The van der Waals surface area contributed by atoms with Gasteiger partial charge in [0.1, 0.15) is 22.1 Å². The number of fused-ring (bicyclic) bond motifs is 13. The molecule has 0 bridgehead atoms. The monoisotopic (exact) mass is 677 g/mol. The van der Waals surface area contributed by atoms with Crippen LogP contribution in [0.25, 0.3) is 109 Å². The van der Waals surface area contributed by atoms with E-state index in [0.717, 1.165) is 109 Å². The first-order valence-electron chi connectivity index (χ1n) is 17.8. The molecule has 13 rings (SSSR count). The molecular formula is C45H25N8+3. The van der Waals surface area contributed by atoms with Crippen LogP contribution in [-0.2, 0) is 0 Å². The standard InChI is InChI=1S/C45H25N8/c1-2-10-26-22-34-33(21-25(26)9-1)47-37-29-13-5-17-46-41(29)42-30(38(37)48-34)14-6-18-51(42)45-52-19-7-15-31-39-40(32-16-8-20-53(45)44(32)43(31)52)50-36-24-28-12-4-3-11-27(28)23-35(36)49-39/h1-24,45H/q+3. The summed E-state index contributed by atoms with van der Waals surface area (Å²) in [5.41, 5.74) is 11.2. The fourth-order valence-corrected chi connectivity index (χ4v) is 8.90. The van der Waals surface area contributed by atoms with Gasteiger partial charge in [-0.1, -0.05) is 62.2 Å². The summed E-state index contributed by atoms with van der Waals surface area (Å²) in [5, 5.41) is 8.71. The van der Waals surface area contributed by atoms with Crippen LogP contribution in [0.5, 0.6) is 0 Å². The number of nitrogens with zero attached hydrogens (tertiary/aromatic N) is 8. The zero-order valence-electron chi connectivity index (χ0n) is 28.0. The summed E-state index contributed by atoms with van der Waals surface area (Å²) in [7, 11) is 0. The third-order valence-electron chi connectivity index (χ3n) is 11.2. The molecule has 0 unspecified atom stereocenters. The first kappa shape index (κ1) is 27.4. The number of rotatable bonds is 1. The Kier molecular flexibility index (Phi) is 5.02. The van der Waals surface area contributed by atoms with E-state index in [1.165, 1.54) is 0 Å². The molecule has 12 aromatic rings. The van der Waals surface area contributed by atoms with Crippen molar-refractivity contribution in [2.45, 2.75) is 6.29 Å². The molecule has 0 atom stereocenters. The molecular weight excluding hydrogens is 653 g/mol. The van der Waals surface area contributed by atoms with Gasteiger partial charge in [0.2, 0.25) is 0 Å². The van der Waals surface area contributed by atoms with Crippen molar-refractivity contribution in [1.82, 2.24) is 24.9 Å². The quantitative estimate of drug-likeness (QED) is 0.100. The molecule has 1 aliphatic rings. The first-order valence-corrected chi connectivity index (χ1v) is 17.8. The second-order valence-electron chi connectivity index (χ2n) is 14.0. The third-order valence-corrected chi connectivity index (χ3v) is 11.2. The molecule has 1 aliphatic heterocycles. The first-order chi connectivity index (χ1) is 26.3. The number of pyridine rings is 4. The maximum atomic E-state index is 5.34. The van der Waals surface area contributed by atoms with Crippen LogP contribution in [0.1, 0.15) is 6.29 Å². The topological polar surface area (TPSA) is 76.1 Å². The largest absolute Gasteiger partial charge is 0.554 e. The summed E-state index contributed by atoms with van der Waals surface area (Å²) in [5.74, 6) is 0.